The molecule has 1 amide bonds. The number of amides is 1. The molecule has 9 heteroatoms. The van der Waals surface area contributed by atoms with Gasteiger partial charge in [0.25, 0.3) is 0 Å². The van der Waals surface area contributed by atoms with Crippen LogP contribution in [0.2, 0.25) is 0 Å². The highest BCUT2D eigenvalue weighted by Gasteiger charge is 2.15. The number of nitrogens with zero attached hydrogens (tertiary/aromatic N) is 1. The van der Waals surface area contributed by atoms with Crippen molar-refractivity contribution in [2.45, 2.75) is 85.3 Å². The number of nitrogens with one attached hydrogen (secondary N) is 4. The molecule has 1 aromatic carbocycles. The first-order valence-corrected chi connectivity index (χ1v) is 19.7. The van der Waals surface area contributed by atoms with Gasteiger partial charge in [-0.3, -0.25) is 4.79 Å². The Morgan fingerprint density at radius 2 is 1.82 bits per heavy atom. The number of aryl methyl sites for hydroxylation is 2. The second kappa shape index (κ2) is 24.4. The summed E-state index contributed by atoms with van der Waals surface area (Å²) in [5.41, 5.74) is 6.06. The molecule has 1 aliphatic rings. The summed E-state index contributed by atoms with van der Waals surface area (Å²) in [6.45, 7) is 23.8. The van der Waals surface area contributed by atoms with Crippen LogP contribution in [0.1, 0.15) is 89.1 Å². The van der Waals surface area contributed by atoms with E-state index in [9.17, 15) is 13.6 Å². The third kappa shape index (κ3) is 19.4. The number of anilines is 1. The number of fused-ring (bicyclic) bond motifs is 3. The molecule has 2 aromatic rings. The summed E-state index contributed by atoms with van der Waals surface area (Å²) in [6.07, 6.45) is 13.8. The van der Waals surface area contributed by atoms with Crippen molar-refractivity contribution < 1.29 is 13.6 Å². The molecule has 0 fully saturated rings. The van der Waals surface area contributed by atoms with Crippen molar-refractivity contribution in [3.8, 4) is 0 Å². The maximum atomic E-state index is 14.8. The van der Waals surface area contributed by atoms with Crippen LogP contribution in [-0.4, -0.2) is 49.7 Å². The first-order valence-electron chi connectivity index (χ1n) is 17.8. The summed E-state index contributed by atoms with van der Waals surface area (Å²) in [5.74, 6) is 5.05. The maximum absolute atomic E-state index is 14.8. The minimum absolute atomic E-state index is 0.0223. The highest BCUT2D eigenvalue weighted by Crippen LogP contribution is 2.31. The second-order valence-electron chi connectivity index (χ2n) is 13.5. The van der Waals surface area contributed by atoms with Crippen molar-refractivity contribution in [3.05, 3.63) is 114 Å². The van der Waals surface area contributed by atoms with Crippen LogP contribution in [-0.2, 0) is 23.4 Å². The number of allylic oxidation sites excluding steroid dienone is 5. The van der Waals surface area contributed by atoms with Crippen LogP contribution in [0.5, 0.6) is 0 Å². The third-order valence-electron chi connectivity index (χ3n) is 8.10. The van der Waals surface area contributed by atoms with E-state index in [0.717, 1.165) is 74.4 Å². The maximum Gasteiger partial charge on any atom is 0.216 e. The molecule has 1 aliphatic heterocycles. The van der Waals surface area contributed by atoms with Gasteiger partial charge >= 0.3 is 0 Å². The Morgan fingerprint density at radius 1 is 1.14 bits per heavy atom. The first kappa shape index (κ1) is 45.2. The van der Waals surface area contributed by atoms with Crippen molar-refractivity contribution in [1.29, 1.82) is 0 Å². The molecule has 0 spiro atoms. The van der Waals surface area contributed by atoms with E-state index >= 15 is 0 Å². The highest BCUT2D eigenvalue weighted by atomic mass is 32.2. The fourth-order valence-electron chi connectivity index (χ4n) is 5.10. The van der Waals surface area contributed by atoms with Crippen molar-refractivity contribution >= 4 is 33.7 Å². The van der Waals surface area contributed by atoms with Gasteiger partial charge in [0.2, 0.25) is 5.91 Å². The van der Waals surface area contributed by atoms with Crippen LogP contribution in [0.25, 0.3) is 5.57 Å². The Kier molecular flexibility index (Phi) is 21.6. The minimum atomic E-state index is -0.366. The van der Waals surface area contributed by atoms with Crippen LogP contribution >= 0.6 is 10.5 Å². The van der Waals surface area contributed by atoms with Crippen LogP contribution in [0, 0.1) is 11.2 Å². The summed E-state index contributed by atoms with van der Waals surface area (Å²) >= 11 is 0. The monoisotopic (exact) mass is 723 g/mol. The van der Waals surface area contributed by atoms with E-state index in [4.69, 9.17) is 4.98 Å². The summed E-state index contributed by atoms with van der Waals surface area (Å²) in [5, 5.41) is 12.1. The first-order chi connectivity index (χ1) is 24.1. The number of benzene rings is 1. The number of hydrogen-bond donors (Lipinski definition) is 4. The zero-order chi connectivity index (χ0) is 38.4. The van der Waals surface area contributed by atoms with Gasteiger partial charge in [-0.05, 0) is 111 Å². The van der Waals surface area contributed by atoms with Gasteiger partial charge in [-0.15, -0.1) is 6.58 Å². The molecule has 1 aromatic heterocycles. The summed E-state index contributed by atoms with van der Waals surface area (Å²) in [6, 6.07) is 8.68. The molecule has 282 valence electrons. The van der Waals surface area contributed by atoms with Crippen LogP contribution in [0.4, 0.5) is 14.6 Å². The van der Waals surface area contributed by atoms with Gasteiger partial charge in [-0.25, -0.2) is 13.8 Å². The van der Waals surface area contributed by atoms with Crippen LogP contribution in [0.15, 0.2) is 85.5 Å². The normalized spacial score (nSPS) is 14.8. The molecule has 0 saturated carbocycles. The summed E-state index contributed by atoms with van der Waals surface area (Å²) in [4.78, 5) is 15.2. The molecule has 6 nitrogen and oxygen atoms in total. The molecule has 2 heterocycles. The predicted molar refractivity (Wildman–Crippen MR) is 220 cm³/mol. The zero-order valence-corrected chi connectivity index (χ0v) is 33.1. The predicted octanol–water partition coefficient (Wildman–Crippen LogP) is 9.65. The van der Waals surface area contributed by atoms with Crippen LogP contribution < -0.4 is 21.3 Å². The van der Waals surface area contributed by atoms with E-state index in [1.165, 1.54) is 37.1 Å². The lowest BCUT2D eigenvalue weighted by molar-refractivity contribution is -0.118. The standard InChI is InChI=1S/C25H28F2N2S.C9H19N3O.C8H16/c1-5-24(27)23-12-17(2)28-25-14-18(16-30(3)4)13-21(29-25)9-7-6-8-19-15-20(26)10-11-22(19)23;1-8(7-10-3)11-5-4-6-12-9(2)13;1-5-7-8(3,4)6-2/h5,10-15H,2-3,6-9,16H2,1,4H3,(H,28,29);10-11H,1,4-7H2,2-3H3,(H,12,13);5H,1,6-7H2,2-4H3/b23-12-,24-5+;;. The van der Waals surface area contributed by atoms with Gasteiger partial charge in [0, 0.05) is 55.0 Å². The number of carbonyl (C=O) groups excluding carboxylic acids is 1. The van der Waals surface area contributed by atoms with E-state index in [0.29, 0.717) is 34.5 Å². The van der Waals surface area contributed by atoms with Crippen molar-refractivity contribution in [2.24, 2.45) is 5.41 Å². The number of rotatable bonds is 13. The quantitative estimate of drug-likeness (QED) is 0.0941. The van der Waals surface area contributed by atoms with E-state index in [2.05, 4.69) is 80.0 Å². The molecule has 2 bridgehead atoms. The molecule has 4 N–H and O–H groups in total. The van der Waals surface area contributed by atoms with E-state index < -0.39 is 0 Å². The SMILES string of the molecule is C=C(CNC)NCCCNC(C)=O.C=C1/C=C(\C(F)=C/C)c2ccc(F)cc2CCCCc2cc(CS(=C)C)cc(n2)N1.C=CCC(C)(C)CC. The fourth-order valence-corrected chi connectivity index (χ4v) is 5.83. The molecule has 1 atom stereocenters. The number of halogens is 2. The number of hydrogen-bond acceptors (Lipinski definition) is 5. The topological polar surface area (TPSA) is 78.1 Å². The zero-order valence-electron chi connectivity index (χ0n) is 32.2. The van der Waals surface area contributed by atoms with E-state index in [-0.39, 0.29) is 28.0 Å². The molecular formula is C42H63F2N5OS. The summed E-state index contributed by atoms with van der Waals surface area (Å²) < 4.78 is 28.7. The van der Waals surface area contributed by atoms with Gasteiger partial charge in [-0.1, -0.05) is 64.4 Å². The number of pyridine rings is 1. The molecule has 1 unspecified atom stereocenters. The Hall–Kier alpha value is -3.82. The van der Waals surface area contributed by atoms with Gasteiger partial charge in [-0.2, -0.15) is 10.5 Å². The molecule has 0 radical (unpaired) electrons. The largest absolute Gasteiger partial charge is 0.388 e. The molecule has 0 saturated heterocycles. The molecule has 51 heavy (non-hydrogen) atoms. The van der Waals surface area contributed by atoms with Crippen molar-refractivity contribution in [1.82, 2.24) is 20.9 Å². The minimum Gasteiger partial charge on any atom is -0.388 e. The fraction of sp³-hybridized carbons (Fsp3) is 0.452. The number of aromatic nitrogens is 1. The van der Waals surface area contributed by atoms with Crippen LogP contribution in [0.3, 0.4) is 0 Å². The van der Waals surface area contributed by atoms with Gasteiger partial charge in [0.15, 0.2) is 0 Å². The smallest absolute Gasteiger partial charge is 0.216 e. The number of likely N-dealkylation sites (N-methyl/N-ethyl adjacent to an activating group) is 1. The van der Waals surface area contributed by atoms with Gasteiger partial charge < -0.3 is 21.3 Å². The summed E-state index contributed by atoms with van der Waals surface area (Å²) in [7, 11) is 1.91. The lowest BCUT2D eigenvalue weighted by atomic mass is 9.87. The average molecular weight is 724 g/mol. The lowest BCUT2D eigenvalue weighted by Crippen LogP contribution is -2.27. The Morgan fingerprint density at radius 3 is 2.41 bits per heavy atom. The van der Waals surface area contributed by atoms with Gasteiger partial charge in [0.05, 0.1) is 0 Å². The Balaban J connectivity index is 0.000000511. The Bertz CT molecular complexity index is 1530. The second-order valence-corrected chi connectivity index (χ2v) is 15.4. The van der Waals surface area contributed by atoms with Gasteiger partial charge in [0.1, 0.15) is 17.5 Å². The van der Waals surface area contributed by atoms with E-state index in [1.807, 2.05) is 19.2 Å². The lowest BCUT2D eigenvalue weighted by Gasteiger charge is -2.19. The van der Waals surface area contributed by atoms with Crippen molar-refractivity contribution in [3.63, 3.8) is 0 Å². The molecular weight excluding hydrogens is 661 g/mol. The van der Waals surface area contributed by atoms with E-state index in [1.54, 1.807) is 19.1 Å². The average Bonchev–Trinajstić information content (AvgIpc) is 3.06. The molecule has 3 rings (SSSR count). The Labute approximate surface area is 310 Å². The number of carbonyl (C=O) groups is 1. The van der Waals surface area contributed by atoms with Crippen molar-refractivity contribution in [2.75, 3.05) is 38.3 Å². The third-order valence-corrected chi connectivity index (χ3v) is 8.93. The molecule has 0 aliphatic carbocycles. The highest BCUT2D eigenvalue weighted by molar-refractivity contribution is 8.12.